The number of rotatable bonds is 9. The van der Waals surface area contributed by atoms with E-state index in [4.69, 9.17) is 0 Å². The van der Waals surface area contributed by atoms with Crippen molar-refractivity contribution in [3.63, 3.8) is 0 Å². The van der Waals surface area contributed by atoms with Crippen molar-refractivity contribution in [1.82, 2.24) is 15.1 Å². The van der Waals surface area contributed by atoms with Crippen LogP contribution in [0.1, 0.15) is 67.6 Å². The van der Waals surface area contributed by atoms with Gasteiger partial charge in [-0.25, -0.2) is 0 Å². The molecule has 1 amide bonds. The lowest BCUT2D eigenvalue weighted by molar-refractivity contribution is -0.121. The molecule has 1 N–H and O–H groups in total. The maximum Gasteiger partial charge on any atom is 0.220 e. The molecule has 0 unspecified atom stereocenters. The van der Waals surface area contributed by atoms with E-state index in [0.717, 1.165) is 44.0 Å². The highest BCUT2D eigenvalue weighted by Gasteiger charge is 2.24. The van der Waals surface area contributed by atoms with Crippen LogP contribution in [0.4, 0.5) is 0 Å². The third-order valence-electron chi connectivity index (χ3n) is 6.33. The normalized spacial score (nSPS) is 21.9. The second-order valence-corrected chi connectivity index (χ2v) is 9.27. The molecule has 3 heterocycles. The van der Waals surface area contributed by atoms with Crippen LogP contribution in [0.2, 0.25) is 0 Å². The summed E-state index contributed by atoms with van der Waals surface area (Å²) in [6, 6.07) is 2.57. The minimum absolute atomic E-state index is 0.156. The molecule has 0 spiro atoms. The van der Waals surface area contributed by atoms with Crippen molar-refractivity contribution in [1.29, 1.82) is 0 Å². The first-order valence-electron chi connectivity index (χ1n) is 10.9. The fourth-order valence-corrected chi connectivity index (χ4v) is 5.34. The van der Waals surface area contributed by atoms with Gasteiger partial charge in [0.25, 0.3) is 0 Å². The van der Waals surface area contributed by atoms with Crippen molar-refractivity contribution < 1.29 is 9.59 Å². The van der Waals surface area contributed by atoms with E-state index in [1.165, 1.54) is 37.8 Å². The van der Waals surface area contributed by atoms with Crippen LogP contribution in [0.15, 0.2) is 11.4 Å². The second kappa shape index (κ2) is 10.5. The SMILES string of the molecule is CCN1CCC[C@H]1CNC(=O)CCC1CCN(Cc2csc(C(C)=O)c2)CC1. The number of Topliss-reactive ketones (excluding diaryl/α,β-unsaturated/α-hetero) is 1. The molecule has 6 heteroatoms. The molecule has 2 aliphatic rings. The zero-order chi connectivity index (χ0) is 19.9. The number of piperidine rings is 1. The average molecular weight is 406 g/mol. The molecule has 2 fully saturated rings. The van der Waals surface area contributed by atoms with Gasteiger partial charge in [0.05, 0.1) is 4.88 Å². The van der Waals surface area contributed by atoms with Crippen molar-refractivity contribution in [3.8, 4) is 0 Å². The molecule has 0 aliphatic carbocycles. The minimum Gasteiger partial charge on any atom is -0.355 e. The van der Waals surface area contributed by atoms with E-state index in [9.17, 15) is 9.59 Å². The van der Waals surface area contributed by atoms with Gasteiger partial charge in [0, 0.05) is 25.6 Å². The van der Waals surface area contributed by atoms with Crippen LogP contribution in [0.5, 0.6) is 0 Å². The van der Waals surface area contributed by atoms with Crippen molar-refractivity contribution in [2.24, 2.45) is 5.92 Å². The van der Waals surface area contributed by atoms with Crippen LogP contribution in [-0.2, 0) is 11.3 Å². The summed E-state index contributed by atoms with van der Waals surface area (Å²) in [6.45, 7) is 10.0. The summed E-state index contributed by atoms with van der Waals surface area (Å²) >= 11 is 1.55. The molecule has 0 bridgehead atoms. The van der Waals surface area contributed by atoms with E-state index in [1.807, 2.05) is 6.07 Å². The molecule has 5 nitrogen and oxygen atoms in total. The number of hydrogen-bond acceptors (Lipinski definition) is 5. The summed E-state index contributed by atoms with van der Waals surface area (Å²) in [5, 5.41) is 5.27. The van der Waals surface area contributed by atoms with Gasteiger partial charge in [0.15, 0.2) is 5.78 Å². The molecule has 3 rings (SSSR count). The minimum atomic E-state index is 0.156. The number of thiophene rings is 1. The van der Waals surface area contributed by atoms with Crippen LogP contribution >= 0.6 is 11.3 Å². The number of nitrogens with one attached hydrogen (secondary N) is 1. The predicted octanol–water partition coefficient (Wildman–Crippen LogP) is 3.54. The summed E-state index contributed by atoms with van der Waals surface area (Å²) in [5.41, 5.74) is 1.25. The Balaban J connectivity index is 1.30. The lowest BCUT2D eigenvalue weighted by Crippen LogP contribution is -2.40. The van der Waals surface area contributed by atoms with Crippen LogP contribution in [0.25, 0.3) is 0 Å². The van der Waals surface area contributed by atoms with E-state index in [1.54, 1.807) is 18.3 Å². The van der Waals surface area contributed by atoms with E-state index in [2.05, 4.69) is 27.4 Å². The van der Waals surface area contributed by atoms with Crippen LogP contribution in [-0.4, -0.2) is 60.3 Å². The molecule has 0 saturated carbocycles. The van der Waals surface area contributed by atoms with Crippen LogP contribution in [0, 0.1) is 5.92 Å². The maximum atomic E-state index is 12.2. The van der Waals surface area contributed by atoms with E-state index < -0.39 is 0 Å². The molecule has 0 aromatic carbocycles. The fraction of sp³-hybridized carbons (Fsp3) is 0.727. The van der Waals surface area contributed by atoms with Crippen molar-refractivity contribution >= 4 is 23.0 Å². The number of hydrogen-bond donors (Lipinski definition) is 1. The highest BCUT2D eigenvalue weighted by molar-refractivity contribution is 7.12. The third-order valence-corrected chi connectivity index (χ3v) is 7.41. The summed E-state index contributed by atoms with van der Waals surface area (Å²) in [7, 11) is 0. The lowest BCUT2D eigenvalue weighted by atomic mass is 9.92. The van der Waals surface area contributed by atoms with Crippen molar-refractivity contribution in [2.75, 3.05) is 32.7 Å². The Labute approximate surface area is 173 Å². The van der Waals surface area contributed by atoms with Crippen molar-refractivity contribution in [3.05, 3.63) is 21.9 Å². The average Bonchev–Trinajstić information content (AvgIpc) is 3.35. The van der Waals surface area contributed by atoms with Gasteiger partial charge >= 0.3 is 0 Å². The topological polar surface area (TPSA) is 52.7 Å². The van der Waals surface area contributed by atoms with Gasteiger partial charge in [-0.15, -0.1) is 11.3 Å². The summed E-state index contributed by atoms with van der Waals surface area (Å²) < 4.78 is 0. The largest absolute Gasteiger partial charge is 0.355 e. The zero-order valence-corrected chi connectivity index (χ0v) is 18.2. The smallest absolute Gasteiger partial charge is 0.220 e. The Kier molecular flexibility index (Phi) is 8.06. The molecule has 156 valence electrons. The Morgan fingerprint density at radius 2 is 2.00 bits per heavy atom. The Morgan fingerprint density at radius 3 is 2.68 bits per heavy atom. The molecule has 2 saturated heterocycles. The molecule has 1 aromatic heterocycles. The maximum absolute atomic E-state index is 12.2. The lowest BCUT2D eigenvalue weighted by Gasteiger charge is -2.31. The number of carbonyl (C=O) groups is 2. The highest BCUT2D eigenvalue weighted by atomic mass is 32.1. The predicted molar refractivity (Wildman–Crippen MR) is 115 cm³/mol. The monoisotopic (exact) mass is 405 g/mol. The number of ketones is 1. The number of likely N-dealkylation sites (N-methyl/N-ethyl adjacent to an activating group) is 1. The quantitative estimate of drug-likeness (QED) is 0.639. The summed E-state index contributed by atoms with van der Waals surface area (Å²) in [6.07, 6.45) is 6.48. The molecular weight excluding hydrogens is 370 g/mol. The van der Waals surface area contributed by atoms with E-state index >= 15 is 0 Å². The Hall–Kier alpha value is -1.24. The first kappa shape index (κ1) is 21.5. The molecule has 1 aromatic rings. The Morgan fingerprint density at radius 1 is 1.21 bits per heavy atom. The fourth-order valence-electron chi connectivity index (χ4n) is 4.53. The first-order chi connectivity index (χ1) is 13.5. The van der Waals surface area contributed by atoms with Gasteiger partial charge in [-0.1, -0.05) is 6.92 Å². The number of amides is 1. The molecular formula is C22H35N3O2S. The third kappa shape index (κ3) is 6.13. The van der Waals surface area contributed by atoms with Gasteiger partial charge in [0.2, 0.25) is 5.91 Å². The van der Waals surface area contributed by atoms with E-state index in [-0.39, 0.29) is 11.7 Å². The van der Waals surface area contributed by atoms with Gasteiger partial charge in [-0.3, -0.25) is 19.4 Å². The second-order valence-electron chi connectivity index (χ2n) is 8.36. The Bertz CT molecular complexity index is 652. The van der Waals surface area contributed by atoms with Crippen molar-refractivity contribution in [2.45, 2.75) is 65.0 Å². The molecule has 1 atom stereocenters. The van der Waals surface area contributed by atoms with Gasteiger partial charge in [-0.2, -0.15) is 0 Å². The van der Waals surface area contributed by atoms with Gasteiger partial charge in [-0.05, 0) is 88.1 Å². The number of nitrogens with zero attached hydrogens (tertiary/aromatic N) is 2. The van der Waals surface area contributed by atoms with Crippen LogP contribution in [0.3, 0.4) is 0 Å². The highest BCUT2D eigenvalue weighted by Crippen LogP contribution is 2.24. The first-order valence-corrected chi connectivity index (χ1v) is 11.7. The summed E-state index contributed by atoms with van der Waals surface area (Å²) in [5.74, 6) is 1.04. The number of carbonyl (C=O) groups excluding carboxylic acids is 2. The zero-order valence-electron chi connectivity index (χ0n) is 17.4. The van der Waals surface area contributed by atoms with E-state index in [0.29, 0.717) is 18.4 Å². The molecule has 2 aliphatic heterocycles. The molecule has 0 radical (unpaired) electrons. The standard InChI is InChI=1S/C22H35N3O2S/c1-3-25-10-4-5-20(25)14-23-22(27)7-6-18-8-11-24(12-9-18)15-19-13-21(17(2)26)28-16-19/h13,16,18,20H,3-12,14-15H2,1-2H3,(H,23,27)/t20-/m0/s1. The summed E-state index contributed by atoms with van der Waals surface area (Å²) in [4.78, 5) is 29.5. The van der Waals surface area contributed by atoms with Gasteiger partial charge in [0.1, 0.15) is 0 Å². The van der Waals surface area contributed by atoms with Gasteiger partial charge < -0.3 is 5.32 Å². The number of likely N-dealkylation sites (tertiary alicyclic amines) is 2. The van der Waals surface area contributed by atoms with Crippen LogP contribution < -0.4 is 5.32 Å². The molecule has 28 heavy (non-hydrogen) atoms.